The summed E-state index contributed by atoms with van der Waals surface area (Å²) in [6, 6.07) is 0.175. The summed E-state index contributed by atoms with van der Waals surface area (Å²) in [5.41, 5.74) is 7.21. The molecule has 0 saturated carbocycles. The molecule has 1 saturated heterocycles. The highest BCUT2D eigenvalue weighted by atomic mass is 14.9. The summed E-state index contributed by atoms with van der Waals surface area (Å²) in [5.74, 6) is 0. The van der Waals surface area contributed by atoms with Crippen molar-refractivity contribution in [2.24, 2.45) is 0 Å². The molecule has 1 aliphatic heterocycles. The van der Waals surface area contributed by atoms with E-state index in [1.807, 2.05) is 0 Å². The molecule has 0 aliphatic carbocycles. The van der Waals surface area contributed by atoms with E-state index in [4.69, 9.17) is 5.73 Å². The molecule has 1 heterocycles. The molecular formula is C5H11N2. The fourth-order valence-electron chi connectivity index (χ4n) is 0.852. The van der Waals surface area contributed by atoms with Crippen LogP contribution in [0.15, 0.2) is 0 Å². The van der Waals surface area contributed by atoms with E-state index < -0.39 is 0 Å². The van der Waals surface area contributed by atoms with E-state index >= 15 is 0 Å². The molecule has 0 aromatic carbocycles. The first-order chi connectivity index (χ1) is 3.39. The van der Waals surface area contributed by atoms with Crippen LogP contribution in [0.2, 0.25) is 0 Å². The van der Waals surface area contributed by atoms with Crippen LogP contribution in [0, 0.1) is 0 Å². The molecule has 0 bridgehead atoms. The molecule has 0 spiro atoms. The maximum atomic E-state index is 7.21. The van der Waals surface area contributed by atoms with Crippen molar-refractivity contribution in [3.05, 3.63) is 0 Å². The Balaban J connectivity index is 2.12. The lowest BCUT2D eigenvalue weighted by molar-refractivity contribution is 0.450. The summed E-state index contributed by atoms with van der Waals surface area (Å²) in [6.45, 7) is 2.02. The monoisotopic (exact) mass is 99.1 g/mol. The Kier molecular flexibility index (Phi) is 1.65. The first-order valence-corrected chi connectivity index (χ1v) is 2.81. The molecule has 1 radical (unpaired) electrons. The van der Waals surface area contributed by atoms with Gasteiger partial charge in [0.25, 0.3) is 0 Å². The van der Waals surface area contributed by atoms with Crippen LogP contribution in [0.3, 0.4) is 0 Å². The third-order valence-electron chi connectivity index (χ3n) is 1.30. The number of rotatable bonds is 0. The van der Waals surface area contributed by atoms with Crippen LogP contribution in [-0.4, -0.2) is 19.1 Å². The summed E-state index contributed by atoms with van der Waals surface area (Å²) in [4.78, 5) is 0. The highest BCUT2D eigenvalue weighted by Gasteiger charge is 2.06. The third-order valence-corrected chi connectivity index (χ3v) is 1.30. The topological polar surface area (TPSA) is 35.8 Å². The van der Waals surface area contributed by atoms with Gasteiger partial charge in [0.15, 0.2) is 0 Å². The molecule has 2 nitrogen and oxygen atoms in total. The van der Waals surface area contributed by atoms with E-state index in [1.165, 1.54) is 6.42 Å². The van der Waals surface area contributed by atoms with Gasteiger partial charge < -0.3 is 5.32 Å². The Bertz CT molecular complexity index is 48.0. The van der Waals surface area contributed by atoms with Crippen molar-refractivity contribution in [2.45, 2.75) is 18.9 Å². The molecule has 0 aromatic rings. The zero-order valence-electron chi connectivity index (χ0n) is 4.41. The van der Waals surface area contributed by atoms with E-state index in [1.54, 1.807) is 0 Å². The second-order valence-corrected chi connectivity index (χ2v) is 2.04. The van der Waals surface area contributed by atoms with Gasteiger partial charge in [0.05, 0.1) is 0 Å². The van der Waals surface area contributed by atoms with Crippen molar-refractivity contribution in [1.29, 1.82) is 0 Å². The average molecular weight is 99.2 g/mol. The third kappa shape index (κ3) is 1.45. The molecule has 0 aromatic heterocycles. The Hall–Kier alpha value is -0.0800. The van der Waals surface area contributed by atoms with Crippen LogP contribution >= 0.6 is 0 Å². The van der Waals surface area contributed by atoms with Crippen molar-refractivity contribution < 1.29 is 0 Å². The maximum absolute atomic E-state index is 7.21. The van der Waals surface area contributed by atoms with Crippen LogP contribution in [0.25, 0.3) is 0 Å². The molecule has 2 heteroatoms. The Morgan fingerprint density at radius 2 is 2.43 bits per heavy atom. The van der Waals surface area contributed by atoms with E-state index in [9.17, 15) is 0 Å². The lowest BCUT2D eigenvalue weighted by Gasteiger charge is -2.16. The molecule has 1 unspecified atom stereocenters. The Labute approximate surface area is 44.1 Å². The second-order valence-electron chi connectivity index (χ2n) is 2.04. The van der Waals surface area contributed by atoms with Crippen molar-refractivity contribution in [3.8, 4) is 0 Å². The highest BCUT2D eigenvalue weighted by Crippen LogP contribution is 1.97. The van der Waals surface area contributed by atoms with Gasteiger partial charge in [0.2, 0.25) is 0 Å². The van der Waals surface area contributed by atoms with Gasteiger partial charge in [-0.25, -0.2) is 0 Å². The van der Waals surface area contributed by atoms with Gasteiger partial charge in [0.1, 0.15) is 0 Å². The quantitative estimate of drug-likeness (QED) is 0.456. The predicted molar refractivity (Wildman–Crippen MR) is 29.0 cm³/mol. The number of hydrogen-bond acceptors (Lipinski definition) is 1. The minimum Gasteiger partial charge on any atom is -0.315 e. The average Bonchev–Trinajstić information content (AvgIpc) is 1.69. The first kappa shape index (κ1) is 5.06. The minimum atomic E-state index is 0.175. The van der Waals surface area contributed by atoms with Gasteiger partial charge in [-0.2, -0.15) is 0 Å². The van der Waals surface area contributed by atoms with Crippen molar-refractivity contribution in [1.82, 2.24) is 11.1 Å². The Morgan fingerprint density at radius 1 is 1.57 bits per heavy atom. The van der Waals surface area contributed by atoms with Gasteiger partial charge in [-0.05, 0) is 19.4 Å². The van der Waals surface area contributed by atoms with Crippen LogP contribution in [0.4, 0.5) is 0 Å². The van der Waals surface area contributed by atoms with E-state index in [0.29, 0.717) is 0 Å². The van der Waals surface area contributed by atoms with Crippen LogP contribution in [-0.2, 0) is 0 Å². The summed E-state index contributed by atoms with van der Waals surface area (Å²) < 4.78 is 0. The molecule has 2 N–H and O–H groups in total. The number of hydrogen-bond donors (Lipinski definition) is 1. The predicted octanol–water partition coefficient (Wildman–Crippen LogP) is 0.0213. The fourth-order valence-corrected chi connectivity index (χ4v) is 0.852. The summed E-state index contributed by atoms with van der Waals surface area (Å²) >= 11 is 0. The lowest BCUT2D eigenvalue weighted by atomic mass is 10.1. The second kappa shape index (κ2) is 2.28. The molecule has 1 fully saturated rings. The van der Waals surface area contributed by atoms with Gasteiger partial charge in [-0.1, -0.05) is 0 Å². The summed E-state index contributed by atoms with van der Waals surface area (Å²) in [5, 5.41) is 3.15. The van der Waals surface area contributed by atoms with Gasteiger partial charge in [-0.3, -0.25) is 5.73 Å². The smallest absolute Gasteiger partial charge is 0.0338 e. The standard InChI is InChI=1S/C5H11N2/c6-5-2-1-3-7-4-5/h5-7H,1-4H2. The van der Waals surface area contributed by atoms with Gasteiger partial charge in [-0.15, -0.1) is 0 Å². The zero-order valence-corrected chi connectivity index (χ0v) is 4.41. The molecule has 7 heavy (non-hydrogen) atoms. The number of piperidine rings is 1. The van der Waals surface area contributed by atoms with Crippen molar-refractivity contribution in [3.63, 3.8) is 0 Å². The van der Waals surface area contributed by atoms with Crippen LogP contribution < -0.4 is 11.1 Å². The van der Waals surface area contributed by atoms with Gasteiger partial charge in [0, 0.05) is 12.6 Å². The van der Waals surface area contributed by atoms with Crippen LogP contribution in [0.1, 0.15) is 12.8 Å². The highest BCUT2D eigenvalue weighted by molar-refractivity contribution is 4.69. The summed E-state index contributed by atoms with van der Waals surface area (Å²) in [6.07, 6.45) is 2.28. The van der Waals surface area contributed by atoms with Gasteiger partial charge >= 0.3 is 0 Å². The van der Waals surface area contributed by atoms with E-state index in [0.717, 1.165) is 19.5 Å². The minimum absolute atomic E-state index is 0.175. The fraction of sp³-hybridized carbons (Fsp3) is 1.00. The zero-order chi connectivity index (χ0) is 5.11. The molecule has 1 aliphatic rings. The first-order valence-electron chi connectivity index (χ1n) is 2.81. The maximum Gasteiger partial charge on any atom is 0.0338 e. The molecular weight excluding hydrogens is 88.1 g/mol. The lowest BCUT2D eigenvalue weighted by Crippen LogP contribution is -2.34. The molecule has 41 valence electrons. The SMILES string of the molecule is [NH]C1CCCNC1. The van der Waals surface area contributed by atoms with Crippen molar-refractivity contribution >= 4 is 0 Å². The van der Waals surface area contributed by atoms with E-state index in [-0.39, 0.29) is 6.04 Å². The Morgan fingerprint density at radius 3 is 2.71 bits per heavy atom. The molecule has 0 amide bonds. The summed E-state index contributed by atoms with van der Waals surface area (Å²) in [7, 11) is 0. The molecule has 1 rings (SSSR count). The van der Waals surface area contributed by atoms with E-state index in [2.05, 4.69) is 5.32 Å². The molecule has 1 atom stereocenters. The van der Waals surface area contributed by atoms with Crippen LogP contribution in [0.5, 0.6) is 0 Å². The van der Waals surface area contributed by atoms with Crippen molar-refractivity contribution in [2.75, 3.05) is 13.1 Å². The normalized spacial score (nSPS) is 33.0. The largest absolute Gasteiger partial charge is 0.315 e. The number of nitrogens with one attached hydrogen (secondary N) is 2.